The molecule has 1 heterocycles. The van der Waals surface area contributed by atoms with Crippen molar-refractivity contribution in [3.8, 4) is 11.5 Å². The van der Waals surface area contributed by atoms with Gasteiger partial charge in [-0.3, -0.25) is 0 Å². The van der Waals surface area contributed by atoms with Gasteiger partial charge in [-0.25, -0.2) is 4.98 Å². The lowest BCUT2D eigenvalue weighted by atomic mass is 10.0. The molecule has 0 unspecified atom stereocenters. The van der Waals surface area contributed by atoms with Crippen molar-refractivity contribution in [3.63, 3.8) is 0 Å². The van der Waals surface area contributed by atoms with Crippen molar-refractivity contribution in [1.82, 2.24) is 4.98 Å². The number of hydrogen-bond donors (Lipinski definition) is 1. The van der Waals surface area contributed by atoms with Crippen molar-refractivity contribution >= 4 is 5.82 Å². The molecule has 18 heavy (non-hydrogen) atoms. The zero-order valence-electron chi connectivity index (χ0n) is 11.0. The Labute approximate surface area is 108 Å². The number of nitrogens with zero attached hydrogens (tertiary/aromatic N) is 1. The summed E-state index contributed by atoms with van der Waals surface area (Å²) in [4.78, 5) is 3.95. The van der Waals surface area contributed by atoms with E-state index in [1.807, 2.05) is 12.1 Å². The highest BCUT2D eigenvalue weighted by molar-refractivity contribution is 5.44. The van der Waals surface area contributed by atoms with Crippen molar-refractivity contribution in [3.05, 3.63) is 47.7 Å². The van der Waals surface area contributed by atoms with E-state index >= 15 is 0 Å². The zero-order valence-corrected chi connectivity index (χ0v) is 11.0. The molecule has 0 atom stereocenters. The number of anilines is 1. The summed E-state index contributed by atoms with van der Waals surface area (Å²) in [5, 5.41) is 0. The third kappa shape index (κ3) is 2.80. The van der Waals surface area contributed by atoms with E-state index in [9.17, 15) is 0 Å². The molecule has 94 valence electrons. The second kappa shape index (κ2) is 5.08. The van der Waals surface area contributed by atoms with Crippen LogP contribution in [0.2, 0.25) is 0 Å². The van der Waals surface area contributed by atoms with Crippen LogP contribution in [-0.2, 0) is 0 Å². The van der Waals surface area contributed by atoms with Crippen LogP contribution in [0.4, 0.5) is 5.82 Å². The average Bonchev–Trinajstić information content (AvgIpc) is 2.28. The first-order chi connectivity index (χ1) is 8.56. The molecule has 0 aliphatic rings. The fourth-order valence-corrected chi connectivity index (χ4v) is 1.83. The van der Waals surface area contributed by atoms with Crippen LogP contribution in [0.5, 0.6) is 11.5 Å². The molecule has 0 aliphatic heterocycles. The average molecular weight is 242 g/mol. The number of aromatic nitrogens is 1. The van der Waals surface area contributed by atoms with Crippen LogP contribution >= 0.6 is 0 Å². The largest absolute Gasteiger partial charge is 0.457 e. The topological polar surface area (TPSA) is 48.1 Å². The van der Waals surface area contributed by atoms with Crippen molar-refractivity contribution in [2.75, 3.05) is 5.73 Å². The van der Waals surface area contributed by atoms with Gasteiger partial charge in [-0.1, -0.05) is 26.0 Å². The Morgan fingerprint density at radius 3 is 2.61 bits per heavy atom. The minimum Gasteiger partial charge on any atom is -0.457 e. The fourth-order valence-electron chi connectivity index (χ4n) is 1.83. The molecule has 2 N–H and O–H groups in total. The molecule has 2 rings (SSSR count). The second-order valence-electron chi connectivity index (χ2n) is 4.71. The van der Waals surface area contributed by atoms with Gasteiger partial charge in [0.2, 0.25) is 0 Å². The highest BCUT2D eigenvalue weighted by Gasteiger charge is 2.09. The SMILES string of the molecule is Cc1ccc(C(C)C)c(Oc2ccnc(N)c2)c1. The quantitative estimate of drug-likeness (QED) is 0.888. The molecule has 0 saturated heterocycles. The van der Waals surface area contributed by atoms with Gasteiger partial charge < -0.3 is 10.5 Å². The van der Waals surface area contributed by atoms with Gasteiger partial charge in [0.25, 0.3) is 0 Å². The number of benzene rings is 1. The lowest BCUT2D eigenvalue weighted by molar-refractivity contribution is 0.472. The lowest BCUT2D eigenvalue weighted by Gasteiger charge is -2.14. The lowest BCUT2D eigenvalue weighted by Crippen LogP contribution is -1.96. The van der Waals surface area contributed by atoms with Crippen LogP contribution in [0.1, 0.15) is 30.9 Å². The smallest absolute Gasteiger partial charge is 0.132 e. The number of pyridine rings is 1. The van der Waals surface area contributed by atoms with Gasteiger partial charge in [-0.05, 0) is 36.1 Å². The number of hydrogen-bond acceptors (Lipinski definition) is 3. The summed E-state index contributed by atoms with van der Waals surface area (Å²) in [5.41, 5.74) is 8.02. The normalized spacial score (nSPS) is 10.7. The van der Waals surface area contributed by atoms with Crippen LogP contribution in [-0.4, -0.2) is 4.98 Å². The Morgan fingerprint density at radius 2 is 1.94 bits per heavy atom. The van der Waals surface area contributed by atoms with E-state index in [1.54, 1.807) is 12.3 Å². The third-order valence-corrected chi connectivity index (χ3v) is 2.77. The molecule has 1 aromatic carbocycles. The Hall–Kier alpha value is -2.03. The Balaban J connectivity index is 2.36. The molecular formula is C15H18N2O. The van der Waals surface area contributed by atoms with E-state index in [2.05, 4.69) is 37.9 Å². The van der Waals surface area contributed by atoms with E-state index in [0.717, 1.165) is 11.5 Å². The van der Waals surface area contributed by atoms with Crippen LogP contribution in [0.25, 0.3) is 0 Å². The predicted molar refractivity (Wildman–Crippen MR) is 74.0 cm³/mol. The van der Waals surface area contributed by atoms with Gasteiger partial charge in [0.1, 0.15) is 17.3 Å². The summed E-state index contributed by atoms with van der Waals surface area (Å²) < 4.78 is 5.91. The van der Waals surface area contributed by atoms with Gasteiger partial charge >= 0.3 is 0 Å². The summed E-state index contributed by atoms with van der Waals surface area (Å²) >= 11 is 0. The summed E-state index contributed by atoms with van der Waals surface area (Å²) in [6, 6.07) is 9.80. The zero-order chi connectivity index (χ0) is 13.1. The van der Waals surface area contributed by atoms with Crippen molar-refractivity contribution in [2.24, 2.45) is 0 Å². The summed E-state index contributed by atoms with van der Waals surface area (Å²) in [6.07, 6.45) is 1.65. The minimum atomic E-state index is 0.416. The number of nitrogens with two attached hydrogens (primary N) is 1. The number of nitrogen functional groups attached to an aromatic ring is 1. The summed E-state index contributed by atoms with van der Waals surface area (Å²) in [5.74, 6) is 2.48. The van der Waals surface area contributed by atoms with Crippen LogP contribution in [0.15, 0.2) is 36.5 Å². The standard InChI is InChI=1S/C15H18N2O/c1-10(2)13-5-4-11(3)8-14(13)18-12-6-7-17-15(16)9-12/h4-10H,1-3H3,(H2,16,17). The maximum Gasteiger partial charge on any atom is 0.132 e. The summed E-state index contributed by atoms with van der Waals surface area (Å²) in [7, 11) is 0. The van der Waals surface area contributed by atoms with E-state index in [0.29, 0.717) is 11.7 Å². The molecule has 0 spiro atoms. The van der Waals surface area contributed by atoms with E-state index in [1.165, 1.54) is 11.1 Å². The van der Waals surface area contributed by atoms with Crippen LogP contribution < -0.4 is 10.5 Å². The molecule has 2 aromatic rings. The Bertz CT molecular complexity index is 550. The first-order valence-corrected chi connectivity index (χ1v) is 6.06. The maximum absolute atomic E-state index is 5.91. The minimum absolute atomic E-state index is 0.416. The molecule has 0 bridgehead atoms. The molecule has 0 saturated carbocycles. The van der Waals surface area contributed by atoms with Crippen molar-refractivity contribution < 1.29 is 4.74 Å². The van der Waals surface area contributed by atoms with E-state index in [-0.39, 0.29) is 0 Å². The monoisotopic (exact) mass is 242 g/mol. The highest BCUT2D eigenvalue weighted by Crippen LogP contribution is 2.31. The molecular weight excluding hydrogens is 224 g/mol. The van der Waals surface area contributed by atoms with Gasteiger partial charge in [0, 0.05) is 12.3 Å². The molecule has 3 nitrogen and oxygen atoms in total. The molecule has 0 aliphatic carbocycles. The number of aryl methyl sites for hydroxylation is 1. The number of rotatable bonds is 3. The predicted octanol–water partition coefficient (Wildman–Crippen LogP) is 3.89. The van der Waals surface area contributed by atoms with Crippen molar-refractivity contribution in [2.45, 2.75) is 26.7 Å². The number of ether oxygens (including phenoxy) is 1. The maximum atomic E-state index is 5.91. The molecule has 0 amide bonds. The Kier molecular flexibility index (Phi) is 3.51. The van der Waals surface area contributed by atoms with Crippen LogP contribution in [0, 0.1) is 6.92 Å². The first kappa shape index (κ1) is 12.4. The second-order valence-corrected chi connectivity index (χ2v) is 4.71. The van der Waals surface area contributed by atoms with Gasteiger partial charge in [-0.2, -0.15) is 0 Å². The van der Waals surface area contributed by atoms with Gasteiger partial charge in [0.15, 0.2) is 0 Å². The van der Waals surface area contributed by atoms with Crippen LogP contribution in [0.3, 0.4) is 0 Å². The first-order valence-electron chi connectivity index (χ1n) is 6.06. The Morgan fingerprint density at radius 1 is 1.17 bits per heavy atom. The van der Waals surface area contributed by atoms with Gasteiger partial charge in [0.05, 0.1) is 0 Å². The summed E-state index contributed by atoms with van der Waals surface area (Å²) in [6.45, 7) is 6.36. The molecule has 0 radical (unpaired) electrons. The molecule has 3 heteroatoms. The van der Waals surface area contributed by atoms with Gasteiger partial charge in [-0.15, -0.1) is 0 Å². The van der Waals surface area contributed by atoms with E-state index in [4.69, 9.17) is 10.5 Å². The fraction of sp³-hybridized carbons (Fsp3) is 0.267. The molecule has 1 aromatic heterocycles. The molecule has 0 fully saturated rings. The highest BCUT2D eigenvalue weighted by atomic mass is 16.5. The third-order valence-electron chi connectivity index (χ3n) is 2.77. The van der Waals surface area contributed by atoms with E-state index < -0.39 is 0 Å². The van der Waals surface area contributed by atoms with Crippen molar-refractivity contribution in [1.29, 1.82) is 0 Å².